The summed E-state index contributed by atoms with van der Waals surface area (Å²) in [5.41, 5.74) is 6.14. The third-order valence-corrected chi connectivity index (χ3v) is 4.88. The van der Waals surface area contributed by atoms with Crippen LogP contribution in [0.5, 0.6) is 0 Å². The number of ether oxygens (including phenoxy) is 1. The van der Waals surface area contributed by atoms with Gasteiger partial charge in [0.05, 0.1) is 23.4 Å². The normalized spacial score (nSPS) is 13.1. The lowest BCUT2D eigenvalue weighted by Crippen LogP contribution is -2.17. The first-order valence-electron chi connectivity index (χ1n) is 6.61. The van der Waals surface area contributed by atoms with Gasteiger partial charge >= 0.3 is 0 Å². The fourth-order valence-corrected chi connectivity index (χ4v) is 3.03. The summed E-state index contributed by atoms with van der Waals surface area (Å²) in [6.07, 6.45) is 2.05. The molecule has 1 aromatic rings. The van der Waals surface area contributed by atoms with Crippen LogP contribution in [0.4, 0.5) is 0 Å². The van der Waals surface area contributed by atoms with E-state index in [0.29, 0.717) is 5.56 Å². The van der Waals surface area contributed by atoms with Gasteiger partial charge in [0.15, 0.2) is 9.84 Å². The largest absolute Gasteiger partial charge is 0.389 e. The molecule has 1 unspecified atom stereocenters. The molecule has 6 heteroatoms. The molecule has 4 nitrogen and oxygen atoms in total. The van der Waals surface area contributed by atoms with Crippen LogP contribution < -0.4 is 5.73 Å². The second-order valence-corrected chi connectivity index (χ2v) is 7.23. The first kappa shape index (κ1) is 17.1. The van der Waals surface area contributed by atoms with Crippen molar-refractivity contribution in [1.82, 2.24) is 0 Å². The van der Waals surface area contributed by atoms with Gasteiger partial charge in [-0.1, -0.05) is 37.7 Å². The molecule has 20 heavy (non-hydrogen) atoms. The molecular weight excluding hydrogens is 294 g/mol. The summed E-state index contributed by atoms with van der Waals surface area (Å²) < 4.78 is 29.7. The quantitative estimate of drug-likeness (QED) is 0.745. The van der Waals surface area contributed by atoms with Gasteiger partial charge in [-0.2, -0.15) is 0 Å². The Morgan fingerprint density at radius 3 is 2.45 bits per heavy atom. The van der Waals surface area contributed by atoms with Gasteiger partial charge in [-0.3, -0.25) is 0 Å². The zero-order valence-electron chi connectivity index (χ0n) is 11.8. The van der Waals surface area contributed by atoms with Gasteiger partial charge < -0.3 is 10.5 Å². The zero-order chi connectivity index (χ0) is 15.2. The third kappa shape index (κ3) is 5.19. The number of sulfone groups is 1. The molecule has 0 spiro atoms. The number of nitrogens with two attached hydrogens (primary N) is 1. The van der Waals surface area contributed by atoms with E-state index >= 15 is 0 Å². The minimum Gasteiger partial charge on any atom is -0.389 e. The Kier molecular flexibility index (Phi) is 6.58. The van der Waals surface area contributed by atoms with E-state index in [1.54, 1.807) is 12.1 Å². The third-order valence-electron chi connectivity index (χ3n) is 2.95. The highest BCUT2D eigenvalue weighted by Crippen LogP contribution is 2.13. The van der Waals surface area contributed by atoms with Gasteiger partial charge in [0, 0.05) is 5.56 Å². The van der Waals surface area contributed by atoms with Crippen molar-refractivity contribution in [1.29, 1.82) is 0 Å². The maximum atomic E-state index is 12.1. The maximum absolute atomic E-state index is 12.1. The molecule has 0 heterocycles. The first-order valence-corrected chi connectivity index (χ1v) is 8.67. The van der Waals surface area contributed by atoms with E-state index in [9.17, 15) is 8.42 Å². The molecule has 0 aliphatic carbocycles. The molecule has 0 amide bonds. The summed E-state index contributed by atoms with van der Waals surface area (Å²) in [7, 11) is -3.32. The van der Waals surface area contributed by atoms with Crippen molar-refractivity contribution in [3.05, 3.63) is 29.8 Å². The lowest BCUT2D eigenvalue weighted by atomic mass is 10.2. The van der Waals surface area contributed by atoms with Gasteiger partial charge in [0.1, 0.15) is 4.99 Å². The average molecular weight is 315 g/mol. The van der Waals surface area contributed by atoms with Crippen molar-refractivity contribution in [2.24, 2.45) is 5.73 Å². The predicted octanol–water partition coefficient (Wildman–Crippen LogP) is 2.30. The fraction of sp³-hybridized carbons (Fsp3) is 0.500. The van der Waals surface area contributed by atoms with Gasteiger partial charge in [-0.15, -0.1) is 0 Å². The monoisotopic (exact) mass is 315 g/mol. The molecule has 1 aromatic carbocycles. The smallest absolute Gasteiger partial charge is 0.180 e. The number of rotatable bonds is 8. The first-order chi connectivity index (χ1) is 9.36. The van der Waals surface area contributed by atoms with Crippen molar-refractivity contribution in [2.75, 3.05) is 12.4 Å². The van der Waals surface area contributed by atoms with Crippen molar-refractivity contribution < 1.29 is 13.2 Å². The summed E-state index contributed by atoms with van der Waals surface area (Å²) in [5, 5.41) is 0. The molecule has 0 saturated heterocycles. The minimum absolute atomic E-state index is 0.0204. The van der Waals surface area contributed by atoms with E-state index in [1.807, 2.05) is 6.92 Å². The fourth-order valence-electron chi connectivity index (χ4n) is 1.79. The predicted molar refractivity (Wildman–Crippen MR) is 84.7 cm³/mol. The van der Waals surface area contributed by atoms with Crippen LogP contribution in [0.3, 0.4) is 0 Å². The highest BCUT2D eigenvalue weighted by Gasteiger charge is 2.15. The van der Waals surface area contributed by atoms with Crippen LogP contribution in [0, 0.1) is 0 Å². The van der Waals surface area contributed by atoms with E-state index in [1.165, 1.54) is 12.1 Å². The average Bonchev–Trinajstić information content (AvgIpc) is 2.39. The highest BCUT2D eigenvalue weighted by atomic mass is 32.2. The topological polar surface area (TPSA) is 69.4 Å². The van der Waals surface area contributed by atoms with Crippen molar-refractivity contribution in [3.63, 3.8) is 0 Å². The Hall–Kier alpha value is -0.980. The Bertz CT molecular complexity index is 538. The molecule has 112 valence electrons. The van der Waals surface area contributed by atoms with Crippen LogP contribution in [-0.4, -0.2) is 31.9 Å². The summed E-state index contributed by atoms with van der Waals surface area (Å²) in [6.45, 7) is 4.23. The molecule has 2 N–H and O–H groups in total. The zero-order valence-corrected chi connectivity index (χ0v) is 13.5. The Labute approximate surface area is 126 Å². The summed E-state index contributed by atoms with van der Waals surface area (Å²) in [5.74, 6) is -0.0204. The summed E-state index contributed by atoms with van der Waals surface area (Å²) >= 11 is 4.83. The lowest BCUT2D eigenvalue weighted by molar-refractivity contribution is 0.0711. The number of hydrogen-bond donors (Lipinski definition) is 1. The van der Waals surface area contributed by atoms with Crippen LogP contribution in [0.2, 0.25) is 0 Å². The second kappa shape index (κ2) is 7.71. The summed E-state index contributed by atoms with van der Waals surface area (Å²) in [4.78, 5) is 0.523. The van der Waals surface area contributed by atoms with Crippen LogP contribution in [0.25, 0.3) is 0 Å². The Morgan fingerprint density at radius 2 is 1.95 bits per heavy atom. The van der Waals surface area contributed by atoms with E-state index in [-0.39, 0.29) is 28.3 Å². The van der Waals surface area contributed by atoms with Gasteiger partial charge in [-0.25, -0.2) is 8.42 Å². The number of thiocarbonyl (C=S) groups is 1. The van der Waals surface area contributed by atoms with E-state index in [2.05, 4.69) is 6.92 Å². The molecule has 0 fully saturated rings. The number of benzene rings is 1. The summed E-state index contributed by atoms with van der Waals surface area (Å²) in [6, 6.07) is 6.30. The SMILES string of the molecule is CCCC(C)OCCS(=O)(=O)c1ccc(C(N)=S)cc1. The van der Waals surface area contributed by atoms with Crippen molar-refractivity contribution >= 4 is 27.0 Å². The van der Waals surface area contributed by atoms with E-state index in [0.717, 1.165) is 12.8 Å². The van der Waals surface area contributed by atoms with Gasteiger partial charge in [0.25, 0.3) is 0 Å². The highest BCUT2D eigenvalue weighted by molar-refractivity contribution is 7.91. The van der Waals surface area contributed by atoms with E-state index in [4.69, 9.17) is 22.7 Å². The van der Waals surface area contributed by atoms with Crippen LogP contribution in [0.1, 0.15) is 32.3 Å². The number of hydrogen-bond acceptors (Lipinski definition) is 4. The van der Waals surface area contributed by atoms with Gasteiger partial charge in [-0.05, 0) is 25.5 Å². The molecule has 0 bridgehead atoms. The second-order valence-electron chi connectivity index (χ2n) is 4.68. The van der Waals surface area contributed by atoms with Crippen LogP contribution >= 0.6 is 12.2 Å². The molecule has 1 atom stereocenters. The standard InChI is InChI=1S/C14H21NO3S2/c1-3-4-11(2)18-9-10-20(16,17)13-7-5-12(6-8-13)14(15)19/h5-8,11H,3-4,9-10H2,1-2H3,(H2,15,19). The molecule has 0 radical (unpaired) electrons. The molecule has 0 aliphatic rings. The minimum atomic E-state index is -3.32. The van der Waals surface area contributed by atoms with Crippen LogP contribution in [-0.2, 0) is 14.6 Å². The molecule has 0 aliphatic heterocycles. The van der Waals surface area contributed by atoms with E-state index < -0.39 is 9.84 Å². The van der Waals surface area contributed by atoms with Crippen molar-refractivity contribution in [2.45, 2.75) is 37.7 Å². The van der Waals surface area contributed by atoms with Crippen LogP contribution in [0.15, 0.2) is 29.2 Å². The lowest BCUT2D eigenvalue weighted by Gasteiger charge is -2.12. The molecule has 0 saturated carbocycles. The molecular formula is C14H21NO3S2. The Balaban J connectivity index is 2.62. The maximum Gasteiger partial charge on any atom is 0.180 e. The molecule has 1 rings (SSSR count). The van der Waals surface area contributed by atoms with Crippen molar-refractivity contribution in [3.8, 4) is 0 Å². The molecule has 0 aromatic heterocycles. The van der Waals surface area contributed by atoms with Gasteiger partial charge in [0.2, 0.25) is 0 Å². The Morgan fingerprint density at radius 1 is 1.35 bits per heavy atom.